The van der Waals surface area contributed by atoms with E-state index in [0.29, 0.717) is 36.8 Å². The highest BCUT2D eigenvalue weighted by atomic mass is 32.1. The van der Waals surface area contributed by atoms with Gasteiger partial charge in [0, 0.05) is 37.7 Å². The summed E-state index contributed by atoms with van der Waals surface area (Å²) >= 11 is 1.44. The quantitative estimate of drug-likeness (QED) is 0.367. The predicted molar refractivity (Wildman–Crippen MR) is 120 cm³/mol. The van der Waals surface area contributed by atoms with Crippen molar-refractivity contribution in [2.24, 2.45) is 0 Å². The number of pyridine rings is 1. The van der Waals surface area contributed by atoms with Crippen molar-refractivity contribution in [3.05, 3.63) is 45.3 Å². The summed E-state index contributed by atoms with van der Waals surface area (Å²) in [6.07, 6.45) is 2.90. The van der Waals surface area contributed by atoms with Crippen LogP contribution in [0.15, 0.2) is 24.4 Å². The minimum absolute atomic E-state index is 0.0466. The topological polar surface area (TPSA) is 68.7 Å². The van der Waals surface area contributed by atoms with E-state index in [-0.39, 0.29) is 18.6 Å². The summed E-state index contributed by atoms with van der Waals surface area (Å²) in [6, 6.07) is 6.84. The molecule has 8 heteroatoms. The number of hydrogen-bond acceptors (Lipinski definition) is 6. The summed E-state index contributed by atoms with van der Waals surface area (Å²) in [7, 11) is -1.19. The van der Waals surface area contributed by atoms with E-state index in [4.69, 9.17) is 9.47 Å². The van der Waals surface area contributed by atoms with Crippen molar-refractivity contribution in [3.8, 4) is 0 Å². The van der Waals surface area contributed by atoms with Gasteiger partial charge in [-0.2, -0.15) is 0 Å². The molecule has 0 fully saturated rings. The van der Waals surface area contributed by atoms with Gasteiger partial charge in [0.1, 0.15) is 17.4 Å². The number of rotatable bonds is 7. The van der Waals surface area contributed by atoms with Crippen LogP contribution >= 0.6 is 11.3 Å². The van der Waals surface area contributed by atoms with Crippen LogP contribution in [0.2, 0.25) is 25.7 Å². The first-order valence-corrected chi connectivity index (χ1v) is 14.9. The van der Waals surface area contributed by atoms with Gasteiger partial charge in [-0.15, -0.1) is 11.3 Å². The van der Waals surface area contributed by atoms with E-state index in [0.717, 1.165) is 22.0 Å². The Morgan fingerprint density at radius 1 is 1.33 bits per heavy atom. The molecule has 0 aromatic carbocycles. The molecule has 1 atom stereocenters. The van der Waals surface area contributed by atoms with Crippen LogP contribution in [0.25, 0.3) is 0 Å². The molecule has 1 aliphatic carbocycles. The van der Waals surface area contributed by atoms with E-state index in [1.807, 2.05) is 18.2 Å². The molecule has 0 bridgehead atoms. The zero-order valence-electron chi connectivity index (χ0n) is 18.0. The smallest absolute Gasteiger partial charge is 0.348 e. The van der Waals surface area contributed by atoms with Gasteiger partial charge < -0.3 is 9.47 Å². The van der Waals surface area contributed by atoms with Crippen molar-refractivity contribution in [1.82, 2.24) is 4.98 Å². The highest BCUT2D eigenvalue weighted by Crippen LogP contribution is 2.50. The third-order valence-electron chi connectivity index (χ3n) is 5.76. The van der Waals surface area contributed by atoms with E-state index in [1.54, 1.807) is 18.0 Å². The first kappa shape index (κ1) is 21.2. The molecular formula is C22H28N2O4SSi. The van der Waals surface area contributed by atoms with E-state index in [2.05, 4.69) is 24.6 Å². The number of amides is 1. The molecule has 1 spiro atoms. The number of carbonyl (C=O) groups is 2. The van der Waals surface area contributed by atoms with E-state index >= 15 is 0 Å². The van der Waals surface area contributed by atoms with Crippen molar-refractivity contribution in [2.75, 3.05) is 24.8 Å². The minimum atomic E-state index is -1.19. The lowest BCUT2D eigenvalue weighted by molar-refractivity contribution is -0.124. The second-order valence-electron chi connectivity index (χ2n) is 9.17. The Morgan fingerprint density at radius 2 is 2.13 bits per heavy atom. The fraction of sp³-hybridized carbons (Fsp3) is 0.500. The molecule has 0 radical (unpaired) electrons. The van der Waals surface area contributed by atoms with Crippen LogP contribution in [0.5, 0.6) is 0 Å². The monoisotopic (exact) mass is 444 g/mol. The largest absolute Gasteiger partial charge is 0.462 e. The Labute approximate surface area is 182 Å². The molecule has 0 saturated carbocycles. The first-order valence-electron chi connectivity index (χ1n) is 10.4. The zero-order valence-corrected chi connectivity index (χ0v) is 19.8. The van der Waals surface area contributed by atoms with Gasteiger partial charge in [0.05, 0.1) is 12.0 Å². The van der Waals surface area contributed by atoms with Crippen molar-refractivity contribution in [1.29, 1.82) is 0 Å². The second-order valence-corrected chi connectivity index (χ2v) is 15.9. The molecule has 0 saturated heterocycles. The van der Waals surface area contributed by atoms with Gasteiger partial charge in [0.2, 0.25) is 5.91 Å². The lowest BCUT2D eigenvalue weighted by Crippen LogP contribution is -2.42. The van der Waals surface area contributed by atoms with Crippen LogP contribution in [-0.2, 0) is 32.5 Å². The number of nitrogens with zero attached hydrogens (tertiary/aromatic N) is 2. The van der Waals surface area contributed by atoms with E-state index in [9.17, 15) is 9.59 Å². The van der Waals surface area contributed by atoms with Crippen LogP contribution in [0.4, 0.5) is 5.82 Å². The molecule has 2 aromatic heterocycles. The summed E-state index contributed by atoms with van der Waals surface area (Å²) in [6.45, 7) is 9.98. The van der Waals surface area contributed by atoms with Gasteiger partial charge in [-0.1, -0.05) is 25.7 Å². The van der Waals surface area contributed by atoms with E-state index < -0.39 is 13.5 Å². The summed E-state index contributed by atoms with van der Waals surface area (Å²) < 4.78 is 11.0. The zero-order chi connectivity index (χ0) is 21.5. The van der Waals surface area contributed by atoms with Crippen molar-refractivity contribution < 1.29 is 19.1 Å². The summed E-state index contributed by atoms with van der Waals surface area (Å²) in [4.78, 5) is 33.6. The number of anilines is 1. The molecule has 3 heterocycles. The predicted octanol–water partition coefficient (Wildman–Crippen LogP) is 4.02. The SMILES string of the molecule is CCOC(=O)c1cc2c(s1)CC1(C2)C(=O)N(COCC[Si](C)(C)C)c2ncccc21. The molecule has 1 aliphatic heterocycles. The number of aromatic nitrogens is 1. The van der Waals surface area contributed by atoms with Crippen LogP contribution in [0, 0.1) is 0 Å². The molecule has 2 aliphatic rings. The Morgan fingerprint density at radius 3 is 2.83 bits per heavy atom. The van der Waals surface area contributed by atoms with Gasteiger partial charge in [-0.3, -0.25) is 9.69 Å². The molecule has 1 amide bonds. The second kappa shape index (κ2) is 7.90. The van der Waals surface area contributed by atoms with Crippen LogP contribution in [0.1, 0.15) is 32.6 Å². The van der Waals surface area contributed by atoms with Crippen molar-refractivity contribution in [2.45, 2.75) is 50.9 Å². The number of fused-ring (bicyclic) bond motifs is 3. The third-order valence-corrected chi connectivity index (χ3v) is 8.62. The Kier molecular flexibility index (Phi) is 5.59. The third kappa shape index (κ3) is 3.72. The molecule has 0 N–H and O–H groups in total. The Balaban J connectivity index is 1.55. The molecule has 6 nitrogen and oxygen atoms in total. The fourth-order valence-electron chi connectivity index (χ4n) is 4.18. The fourth-order valence-corrected chi connectivity index (χ4v) is 6.13. The van der Waals surface area contributed by atoms with Crippen molar-refractivity contribution >= 4 is 37.1 Å². The molecule has 30 heavy (non-hydrogen) atoms. The van der Waals surface area contributed by atoms with Crippen LogP contribution in [0.3, 0.4) is 0 Å². The highest BCUT2D eigenvalue weighted by Gasteiger charge is 2.55. The standard InChI is InChI=1S/C22H28N2O4SSi/c1-5-28-20(25)17-11-15-12-22(13-18(15)29-17)16-7-6-8-23-19(16)24(21(22)26)14-27-9-10-30(2,3)4/h6-8,11H,5,9-10,12-14H2,1-4H3. The number of ether oxygens (including phenoxy) is 2. The summed E-state index contributed by atoms with van der Waals surface area (Å²) in [5, 5.41) is 0. The average Bonchev–Trinajstić information content (AvgIpc) is 3.30. The molecular weight excluding hydrogens is 416 g/mol. The molecule has 4 rings (SSSR count). The molecule has 1 unspecified atom stereocenters. The van der Waals surface area contributed by atoms with Gasteiger partial charge in [0.25, 0.3) is 0 Å². The number of esters is 1. The van der Waals surface area contributed by atoms with Gasteiger partial charge in [0.15, 0.2) is 0 Å². The van der Waals surface area contributed by atoms with Gasteiger partial charge >= 0.3 is 5.97 Å². The number of carbonyl (C=O) groups excluding carboxylic acids is 2. The van der Waals surface area contributed by atoms with Crippen LogP contribution in [-0.4, -0.2) is 44.9 Å². The maximum absolute atomic E-state index is 13.6. The summed E-state index contributed by atoms with van der Waals surface area (Å²) in [5.74, 6) is 0.463. The van der Waals surface area contributed by atoms with Crippen molar-refractivity contribution in [3.63, 3.8) is 0 Å². The maximum Gasteiger partial charge on any atom is 0.348 e. The molecule has 160 valence electrons. The lowest BCUT2D eigenvalue weighted by atomic mass is 9.80. The van der Waals surface area contributed by atoms with Crippen LogP contribution < -0.4 is 4.90 Å². The maximum atomic E-state index is 13.6. The number of thiophene rings is 1. The number of hydrogen-bond donors (Lipinski definition) is 0. The Bertz CT molecular complexity index is 958. The lowest BCUT2D eigenvalue weighted by Gasteiger charge is -2.24. The van der Waals surface area contributed by atoms with Gasteiger partial charge in [-0.05, 0) is 37.1 Å². The highest BCUT2D eigenvalue weighted by molar-refractivity contribution is 7.14. The van der Waals surface area contributed by atoms with E-state index in [1.165, 1.54) is 11.3 Å². The molecule has 2 aromatic rings. The first-order chi connectivity index (χ1) is 14.2. The van der Waals surface area contributed by atoms with Gasteiger partial charge in [-0.25, -0.2) is 9.78 Å². The summed E-state index contributed by atoms with van der Waals surface area (Å²) in [5.41, 5.74) is 1.39. The Hall–Kier alpha value is -2.03. The normalized spacial score (nSPS) is 20.0. The minimum Gasteiger partial charge on any atom is -0.462 e. The average molecular weight is 445 g/mol.